The maximum Gasteiger partial charge on any atom is 0.0755 e. The Hall–Kier alpha value is -1.18. The molecule has 0 aromatic heterocycles. The summed E-state index contributed by atoms with van der Waals surface area (Å²) in [6.07, 6.45) is 12.2. The van der Waals surface area contributed by atoms with Crippen LogP contribution in [0.2, 0.25) is 0 Å². The van der Waals surface area contributed by atoms with Gasteiger partial charge in [-0.15, -0.1) is 0 Å². The van der Waals surface area contributed by atoms with Gasteiger partial charge in [0.05, 0.1) is 17.8 Å². The normalized spacial score (nSPS) is 26.5. The summed E-state index contributed by atoms with van der Waals surface area (Å²) in [6.45, 7) is 6.27. The first kappa shape index (κ1) is 11.9. The average molecular weight is 204 g/mol. The quantitative estimate of drug-likeness (QED) is 0.628. The van der Waals surface area contributed by atoms with E-state index < -0.39 is 0 Å². The number of allylic oxidation sites excluding steroid dienone is 3. The first-order valence-corrected chi connectivity index (χ1v) is 5.65. The van der Waals surface area contributed by atoms with Crippen LogP contribution in [0, 0.1) is 0 Å². The molecule has 2 heteroatoms. The van der Waals surface area contributed by atoms with Gasteiger partial charge in [0.1, 0.15) is 0 Å². The molecule has 82 valence electrons. The molecule has 2 nitrogen and oxygen atoms in total. The Labute approximate surface area is 92.5 Å². The summed E-state index contributed by atoms with van der Waals surface area (Å²) in [5.74, 6) is 0. The predicted octanol–water partition coefficient (Wildman–Crippen LogP) is 3.20. The fourth-order valence-electron chi connectivity index (χ4n) is 1.54. The summed E-state index contributed by atoms with van der Waals surface area (Å²) in [5.41, 5.74) is 1.12. The van der Waals surface area contributed by atoms with Crippen LogP contribution in [0.15, 0.2) is 34.3 Å². The number of rotatable bonds is 4. The van der Waals surface area contributed by atoms with Gasteiger partial charge >= 0.3 is 0 Å². The number of aliphatic imine (C=N–C) groups is 2. The van der Waals surface area contributed by atoms with Crippen LogP contribution in [0.1, 0.15) is 33.6 Å². The van der Waals surface area contributed by atoms with Gasteiger partial charge in [-0.3, -0.25) is 9.98 Å². The number of hydrogen-bond donors (Lipinski definition) is 0. The summed E-state index contributed by atoms with van der Waals surface area (Å²) in [5, 5.41) is 0. The van der Waals surface area contributed by atoms with Gasteiger partial charge in [0.25, 0.3) is 0 Å². The molecule has 0 spiro atoms. The first-order chi connectivity index (χ1) is 7.27. The highest BCUT2D eigenvalue weighted by atomic mass is 14.9. The maximum atomic E-state index is 4.60. The number of nitrogens with zero attached hydrogens (tertiary/aromatic N) is 2. The first-order valence-electron chi connectivity index (χ1n) is 5.65. The van der Waals surface area contributed by atoms with E-state index in [0.29, 0.717) is 12.1 Å². The van der Waals surface area contributed by atoms with Crippen molar-refractivity contribution < 1.29 is 0 Å². The van der Waals surface area contributed by atoms with E-state index in [2.05, 4.69) is 36.0 Å². The molecule has 0 bridgehead atoms. The summed E-state index contributed by atoms with van der Waals surface area (Å²) >= 11 is 0. The van der Waals surface area contributed by atoms with Crippen molar-refractivity contribution in [2.24, 2.45) is 9.98 Å². The van der Waals surface area contributed by atoms with Crippen LogP contribution < -0.4 is 0 Å². The van der Waals surface area contributed by atoms with E-state index in [0.717, 1.165) is 18.6 Å². The molecule has 0 radical (unpaired) electrons. The van der Waals surface area contributed by atoms with Crippen molar-refractivity contribution in [3.05, 3.63) is 24.3 Å². The molecular weight excluding hydrogens is 184 g/mol. The smallest absolute Gasteiger partial charge is 0.0755 e. The molecule has 2 unspecified atom stereocenters. The molecule has 1 rings (SSSR count). The molecule has 1 aliphatic heterocycles. The van der Waals surface area contributed by atoms with Crippen molar-refractivity contribution in [3.63, 3.8) is 0 Å². The zero-order valence-electron chi connectivity index (χ0n) is 9.85. The average Bonchev–Trinajstić information content (AvgIpc) is 2.26. The SMILES string of the molecule is C/C=C\C=C/CC1N=CC(CC)=NC1C. The van der Waals surface area contributed by atoms with Crippen LogP contribution in [0.3, 0.4) is 0 Å². The van der Waals surface area contributed by atoms with Gasteiger partial charge in [-0.2, -0.15) is 0 Å². The van der Waals surface area contributed by atoms with Crippen molar-refractivity contribution in [2.45, 2.75) is 45.7 Å². The lowest BCUT2D eigenvalue weighted by molar-refractivity contribution is 0.567. The van der Waals surface area contributed by atoms with Crippen molar-refractivity contribution in [1.82, 2.24) is 0 Å². The van der Waals surface area contributed by atoms with Crippen LogP contribution in [0.4, 0.5) is 0 Å². The third-order valence-corrected chi connectivity index (χ3v) is 2.52. The van der Waals surface area contributed by atoms with Crippen LogP contribution in [0.5, 0.6) is 0 Å². The summed E-state index contributed by atoms with van der Waals surface area (Å²) in [6, 6.07) is 0.641. The molecule has 0 aromatic rings. The molecule has 0 fully saturated rings. The minimum absolute atomic E-state index is 0.320. The Balaban J connectivity index is 2.46. The molecule has 0 saturated heterocycles. The maximum absolute atomic E-state index is 4.60. The molecule has 0 N–H and O–H groups in total. The van der Waals surface area contributed by atoms with Gasteiger partial charge in [-0.1, -0.05) is 31.2 Å². The highest BCUT2D eigenvalue weighted by Crippen LogP contribution is 2.13. The fourth-order valence-corrected chi connectivity index (χ4v) is 1.54. The second kappa shape index (κ2) is 6.33. The molecule has 2 atom stereocenters. The number of hydrogen-bond acceptors (Lipinski definition) is 2. The molecule has 15 heavy (non-hydrogen) atoms. The van der Waals surface area contributed by atoms with Crippen LogP contribution in [0.25, 0.3) is 0 Å². The van der Waals surface area contributed by atoms with E-state index in [1.807, 2.05) is 25.3 Å². The van der Waals surface area contributed by atoms with E-state index in [-0.39, 0.29) is 0 Å². The summed E-state index contributed by atoms with van der Waals surface area (Å²) in [7, 11) is 0. The van der Waals surface area contributed by atoms with E-state index in [1.165, 1.54) is 0 Å². The lowest BCUT2D eigenvalue weighted by atomic mass is 10.1. The van der Waals surface area contributed by atoms with Gasteiger partial charge in [0.15, 0.2) is 0 Å². The van der Waals surface area contributed by atoms with Gasteiger partial charge in [0, 0.05) is 6.21 Å². The molecule has 0 aromatic carbocycles. The Morgan fingerprint density at radius 2 is 2.20 bits per heavy atom. The van der Waals surface area contributed by atoms with E-state index in [4.69, 9.17) is 0 Å². The second-order valence-corrected chi connectivity index (χ2v) is 3.75. The largest absolute Gasteiger partial charge is 0.285 e. The zero-order chi connectivity index (χ0) is 11.1. The van der Waals surface area contributed by atoms with Gasteiger partial charge in [-0.25, -0.2) is 0 Å². The van der Waals surface area contributed by atoms with Gasteiger partial charge in [0.2, 0.25) is 0 Å². The van der Waals surface area contributed by atoms with Gasteiger partial charge < -0.3 is 0 Å². The van der Waals surface area contributed by atoms with Gasteiger partial charge in [-0.05, 0) is 26.7 Å². The molecule has 0 amide bonds. The standard InChI is InChI=1S/C13H20N2/c1-4-6-7-8-9-13-11(3)15-12(5-2)10-14-13/h4,6-8,10-11,13H,5,9H2,1-3H3/b6-4-,8-7-. The van der Waals surface area contributed by atoms with Crippen LogP contribution in [-0.4, -0.2) is 24.0 Å². The van der Waals surface area contributed by atoms with Crippen LogP contribution >= 0.6 is 0 Å². The molecule has 0 saturated carbocycles. The Kier molecular flexibility index (Phi) is 5.02. The van der Waals surface area contributed by atoms with Crippen LogP contribution in [-0.2, 0) is 0 Å². The Morgan fingerprint density at radius 3 is 2.80 bits per heavy atom. The molecule has 0 aliphatic carbocycles. The Morgan fingerprint density at radius 1 is 1.40 bits per heavy atom. The second-order valence-electron chi connectivity index (χ2n) is 3.75. The minimum atomic E-state index is 0.320. The fraction of sp³-hybridized carbons (Fsp3) is 0.538. The third-order valence-electron chi connectivity index (χ3n) is 2.52. The van der Waals surface area contributed by atoms with E-state index >= 15 is 0 Å². The molecule has 1 heterocycles. The third kappa shape index (κ3) is 3.82. The molecular formula is C13H20N2. The lowest BCUT2D eigenvalue weighted by Gasteiger charge is -2.20. The minimum Gasteiger partial charge on any atom is -0.285 e. The lowest BCUT2D eigenvalue weighted by Crippen LogP contribution is -2.25. The summed E-state index contributed by atoms with van der Waals surface area (Å²) in [4.78, 5) is 9.13. The zero-order valence-corrected chi connectivity index (χ0v) is 9.85. The molecule has 1 aliphatic rings. The van der Waals surface area contributed by atoms with Crippen molar-refractivity contribution >= 4 is 11.9 Å². The topological polar surface area (TPSA) is 24.7 Å². The predicted molar refractivity (Wildman–Crippen MR) is 68.0 cm³/mol. The monoisotopic (exact) mass is 204 g/mol. The summed E-state index contributed by atoms with van der Waals surface area (Å²) < 4.78 is 0. The van der Waals surface area contributed by atoms with Crippen molar-refractivity contribution in [1.29, 1.82) is 0 Å². The highest BCUT2D eigenvalue weighted by molar-refractivity contribution is 6.31. The van der Waals surface area contributed by atoms with E-state index in [1.54, 1.807) is 0 Å². The highest BCUT2D eigenvalue weighted by Gasteiger charge is 2.16. The van der Waals surface area contributed by atoms with E-state index in [9.17, 15) is 0 Å². The van der Waals surface area contributed by atoms with Crippen molar-refractivity contribution in [3.8, 4) is 0 Å². The van der Waals surface area contributed by atoms with Crippen molar-refractivity contribution in [2.75, 3.05) is 0 Å². The Bertz CT molecular complexity index is 298.